The van der Waals surface area contributed by atoms with Crippen LogP contribution >= 0.6 is 11.8 Å². The first-order valence-corrected chi connectivity index (χ1v) is 6.00. The summed E-state index contributed by atoms with van der Waals surface area (Å²) < 4.78 is 35.6. The van der Waals surface area contributed by atoms with E-state index in [0.29, 0.717) is 11.2 Å². The highest BCUT2D eigenvalue weighted by Crippen LogP contribution is 2.20. The molecule has 0 saturated carbocycles. The van der Waals surface area contributed by atoms with Gasteiger partial charge in [0, 0.05) is 11.8 Å². The minimum atomic E-state index is -4.10. The standard InChI is InChI=1S/C9H15F3N2S/c1-2-7-3-6-15-8(14-7)13-5-4-9(10,11)12/h7H,2-6H2,1H3,(H,13,14). The number of nitrogens with zero attached hydrogens (tertiary/aromatic N) is 1. The summed E-state index contributed by atoms with van der Waals surface area (Å²) in [5.74, 6) is 0.941. The van der Waals surface area contributed by atoms with Gasteiger partial charge in [-0.05, 0) is 12.8 Å². The molecule has 2 nitrogen and oxygen atoms in total. The third-order valence-corrected chi connectivity index (χ3v) is 3.14. The van der Waals surface area contributed by atoms with E-state index in [4.69, 9.17) is 0 Å². The summed E-state index contributed by atoms with van der Waals surface area (Å²) in [4.78, 5) is 3.92. The molecule has 0 amide bonds. The van der Waals surface area contributed by atoms with Crippen LogP contribution in [0.5, 0.6) is 0 Å². The molecule has 0 radical (unpaired) electrons. The first-order valence-electron chi connectivity index (χ1n) is 5.02. The topological polar surface area (TPSA) is 24.4 Å². The van der Waals surface area contributed by atoms with E-state index < -0.39 is 12.6 Å². The molecule has 1 rings (SSSR count). The van der Waals surface area contributed by atoms with Crippen LogP contribution in [0.2, 0.25) is 0 Å². The number of amidine groups is 1. The molecular weight excluding hydrogens is 225 g/mol. The summed E-state index contributed by atoms with van der Waals surface area (Å²) in [5.41, 5.74) is 0. The van der Waals surface area contributed by atoms with Gasteiger partial charge in [-0.3, -0.25) is 4.99 Å². The van der Waals surface area contributed by atoms with Crippen LogP contribution in [-0.4, -0.2) is 29.7 Å². The van der Waals surface area contributed by atoms with Crippen molar-refractivity contribution < 1.29 is 13.2 Å². The molecule has 1 fully saturated rings. The second-order valence-electron chi connectivity index (χ2n) is 3.44. The molecule has 6 heteroatoms. The van der Waals surface area contributed by atoms with Gasteiger partial charge in [-0.25, -0.2) is 0 Å². The Morgan fingerprint density at radius 2 is 2.27 bits per heavy atom. The minimum Gasteiger partial charge on any atom is -0.362 e. The van der Waals surface area contributed by atoms with Crippen LogP contribution in [0.3, 0.4) is 0 Å². The molecule has 0 aliphatic carbocycles. The third kappa shape index (κ3) is 5.30. The van der Waals surface area contributed by atoms with Crippen LogP contribution < -0.4 is 5.32 Å². The highest BCUT2D eigenvalue weighted by molar-refractivity contribution is 8.13. The summed E-state index contributed by atoms with van der Waals surface area (Å²) in [5, 5.41) is 3.80. The fourth-order valence-electron chi connectivity index (χ4n) is 1.27. The van der Waals surface area contributed by atoms with Crippen LogP contribution in [0.15, 0.2) is 4.99 Å². The molecule has 0 aromatic carbocycles. The number of rotatable bonds is 3. The normalized spacial score (nSPS) is 25.3. The van der Waals surface area contributed by atoms with Crippen molar-refractivity contribution in [1.29, 1.82) is 0 Å². The maximum atomic E-state index is 11.9. The Kier molecular flexibility index (Phi) is 4.76. The number of halogens is 3. The fourth-order valence-corrected chi connectivity index (χ4v) is 2.30. The lowest BCUT2D eigenvalue weighted by atomic mass is 10.2. The molecule has 1 atom stereocenters. The van der Waals surface area contributed by atoms with Crippen LogP contribution in [0, 0.1) is 0 Å². The van der Waals surface area contributed by atoms with Gasteiger partial charge < -0.3 is 5.32 Å². The zero-order chi connectivity index (χ0) is 11.3. The van der Waals surface area contributed by atoms with Crippen LogP contribution in [0.1, 0.15) is 26.2 Å². The Labute approximate surface area is 91.7 Å². The van der Waals surface area contributed by atoms with Gasteiger partial charge in [-0.2, -0.15) is 13.2 Å². The van der Waals surface area contributed by atoms with Crippen molar-refractivity contribution in [2.45, 2.75) is 38.4 Å². The average Bonchev–Trinajstić information content (AvgIpc) is 2.16. The Balaban J connectivity index is 2.32. The van der Waals surface area contributed by atoms with Gasteiger partial charge in [0.1, 0.15) is 0 Å². The fraction of sp³-hybridized carbons (Fsp3) is 0.889. The Hall–Kier alpha value is -0.390. The molecule has 1 aliphatic heterocycles. The van der Waals surface area contributed by atoms with E-state index in [2.05, 4.69) is 17.2 Å². The zero-order valence-corrected chi connectivity index (χ0v) is 9.42. The number of hydrogen-bond acceptors (Lipinski definition) is 2. The smallest absolute Gasteiger partial charge is 0.362 e. The third-order valence-electron chi connectivity index (χ3n) is 2.18. The summed E-state index contributed by atoms with van der Waals surface area (Å²) in [7, 11) is 0. The van der Waals surface area contributed by atoms with Gasteiger partial charge in [0.05, 0.1) is 13.0 Å². The van der Waals surface area contributed by atoms with Crippen molar-refractivity contribution in [3.05, 3.63) is 0 Å². The molecule has 0 aromatic heterocycles. The van der Waals surface area contributed by atoms with Gasteiger partial charge in [-0.15, -0.1) is 0 Å². The van der Waals surface area contributed by atoms with Gasteiger partial charge in [0.2, 0.25) is 0 Å². The molecule has 0 aromatic rings. The lowest BCUT2D eigenvalue weighted by Crippen LogP contribution is -2.37. The van der Waals surface area contributed by atoms with Gasteiger partial charge in [0.25, 0.3) is 0 Å². The highest BCUT2D eigenvalue weighted by Gasteiger charge is 2.26. The van der Waals surface area contributed by atoms with Crippen molar-refractivity contribution in [2.24, 2.45) is 4.99 Å². The van der Waals surface area contributed by atoms with E-state index in [1.54, 1.807) is 0 Å². The Morgan fingerprint density at radius 3 is 2.87 bits per heavy atom. The molecule has 1 saturated heterocycles. The summed E-state index contributed by atoms with van der Waals surface area (Å²) in [6, 6.07) is 0.371. The molecule has 1 unspecified atom stereocenters. The van der Waals surface area contributed by atoms with Crippen molar-refractivity contribution in [3.8, 4) is 0 Å². The highest BCUT2D eigenvalue weighted by atomic mass is 32.2. The van der Waals surface area contributed by atoms with Gasteiger partial charge in [-0.1, -0.05) is 18.7 Å². The second kappa shape index (κ2) is 5.63. The Morgan fingerprint density at radius 1 is 1.53 bits per heavy atom. The Bertz CT molecular complexity index is 228. The number of thioether (sulfide) groups is 1. The lowest BCUT2D eigenvalue weighted by Gasteiger charge is -2.24. The minimum absolute atomic E-state index is 0.171. The molecule has 1 N–H and O–H groups in total. The number of nitrogens with one attached hydrogen (secondary N) is 1. The van der Waals surface area contributed by atoms with Crippen molar-refractivity contribution in [1.82, 2.24) is 5.32 Å². The SMILES string of the molecule is CCC1CCSC(=NCCC(F)(F)F)N1. The average molecular weight is 240 g/mol. The predicted molar refractivity (Wildman–Crippen MR) is 57.3 cm³/mol. The molecule has 0 spiro atoms. The summed E-state index contributed by atoms with van der Waals surface area (Å²) >= 11 is 1.50. The van der Waals surface area contributed by atoms with Crippen LogP contribution in [-0.2, 0) is 0 Å². The molecule has 88 valence electrons. The van der Waals surface area contributed by atoms with Crippen molar-refractivity contribution in [2.75, 3.05) is 12.3 Å². The quantitative estimate of drug-likeness (QED) is 0.820. The zero-order valence-electron chi connectivity index (χ0n) is 8.60. The molecule has 1 heterocycles. The lowest BCUT2D eigenvalue weighted by molar-refractivity contribution is -0.132. The predicted octanol–water partition coefficient (Wildman–Crippen LogP) is 2.80. The maximum absolute atomic E-state index is 11.9. The monoisotopic (exact) mass is 240 g/mol. The van der Waals surface area contributed by atoms with Crippen LogP contribution in [0.25, 0.3) is 0 Å². The number of alkyl halides is 3. The van der Waals surface area contributed by atoms with Crippen LogP contribution in [0.4, 0.5) is 13.2 Å². The largest absolute Gasteiger partial charge is 0.390 e. The first kappa shape index (κ1) is 12.7. The van der Waals surface area contributed by atoms with Gasteiger partial charge in [0.15, 0.2) is 5.17 Å². The molecule has 0 bridgehead atoms. The molecule has 1 aliphatic rings. The molecule has 15 heavy (non-hydrogen) atoms. The van der Waals surface area contributed by atoms with E-state index in [0.717, 1.165) is 18.6 Å². The molecular formula is C9H15F3N2S. The van der Waals surface area contributed by atoms with Gasteiger partial charge >= 0.3 is 6.18 Å². The van der Waals surface area contributed by atoms with Crippen molar-refractivity contribution >= 4 is 16.9 Å². The number of aliphatic imine (C=N–C) groups is 1. The van der Waals surface area contributed by atoms with E-state index in [1.807, 2.05) is 0 Å². The van der Waals surface area contributed by atoms with E-state index in [1.165, 1.54) is 11.8 Å². The van der Waals surface area contributed by atoms with E-state index in [-0.39, 0.29) is 6.54 Å². The van der Waals surface area contributed by atoms with E-state index >= 15 is 0 Å². The maximum Gasteiger partial charge on any atom is 0.390 e. The van der Waals surface area contributed by atoms with Crippen molar-refractivity contribution in [3.63, 3.8) is 0 Å². The van der Waals surface area contributed by atoms with E-state index in [9.17, 15) is 13.2 Å². The first-order chi connectivity index (χ1) is 7.01. The number of hydrogen-bond donors (Lipinski definition) is 1. The summed E-state index contributed by atoms with van der Waals surface area (Å²) in [6.45, 7) is 1.89. The second-order valence-corrected chi connectivity index (χ2v) is 4.52. The summed E-state index contributed by atoms with van der Waals surface area (Å²) in [6.07, 6.45) is -2.90.